The Morgan fingerprint density at radius 3 is 2.37 bits per heavy atom. The molecule has 0 spiro atoms. The molecular weight excluding hydrogens is 364 g/mol. The summed E-state index contributed by atoms with van der Waals surface area (Å²) in [6.07, 6.45) is 6.66. The number of amides is 1. The van der Waals surface area contributed by atoms with Crippen LogP contribution in [0.15, 0.2) is 29.2 Å². The molecule has 2 N–H and O–H groups in total. The normalized spacial score (nSPS) is 17.9. The van der Waals surface area contributed by atoms with Crippen molar-refractivity contribution in [1.82, 2.24) is 10.0 Å². The monoisotopic (exact) mass is 396 g/mol. The fourth-order valence-electron chi connectivity index (χ4n) is 3.35. The number of carbonyl (C=O) groups is 1. The van der Waals surface area contributed by atoms with Gasteiger partial charge in [-0.25, -0.2) is 13.1 Å². The van der Waals surface area contributed by atoms with Crippen molar-refractivity contribution < 1.29 is 17.9 Å². The predicted octanol–water partition coefficient (Wildman–Crippen LogP) is 3.37. The Kier molecular flexibility index (Phi) is 8.10. The minimum absolute atomic E-state index is 0.112. The number of benzene rings is 1. The molecule has 1 saturated carbocycles. The average molecular weight is 397 g/mol. The van der Waals surface area contributed by atoms with Gasteiger partial charge >= 0.3 is 0 Å². The molecule has 0 unspecified atom stereocenters. The molecule has 1 aromatic rings. The van der Waals surface area contributed by atoms with Crippen LogP contribution in [0.2, 0.25) is 0 Å². The molecule has 1 aliphatic rings. The van der Waals surface area contributed by atoms with Gasteiger partial charge < -0.3 is 10.1 Å². The lowest BCUT2D eigenvalue weighted by atomic mass is 9.95. The van der Waals surface area contributed by atoms with Gasteiger partial charge in [-0.1, -0.05) is 32.6 Å². The molecule has 1 fully saturated rings. The van der Waals surface area contributed by atoms with Crippen LogP contribution in [-0.4, -0.2) is 32.5 Å². The number of carbonyl (C=O) groups excluding carboxylic acids is 1. The summed E-state index contributed by atoms with van der Waals surface area (Å²) in [6.45, 7) is 5.57. The molecule has 0 saturated heterocycles. The highest BCUT2D eigenvalue weighted by molar-refractivity contribution is 7.89. The molecule has 1 amide bonds. The van der Waals surface area contributed by atoms with Crippen LogP contribution in [0.5, 0.6) is 5.75 Å². The molecule has 152 valence electrons. The van der Waals surface area contributed by atoms with Crippen LogP contribution in [0, 0.1) is 0 Å². The van der Waals surface area contributed by atoms with Gasteiger partial charge in [0.25, 0.3) is 5.91 Å². The largest absolute Gasteiger partial charge is 0.481 e. The summed E-state index contributed by atoms with van der Waals surface area (Å²) in [5.74, 6) is 0.343. The Balaban J connectivity index is 1.91. The van der Waals surface area contributed by atoms with Crippen LogP contribution >= 0.6 is 0 Å². The first-order chi connectivity index (χ1) is 12.8. The zero-order valence-corrected chi connectivity index (χ0v) is 17.3. The number of ether oxygens (including phenoxy) is 1. The minimum Gasteiger partial charge on any atom is -0.481 e. The summed E-state index contributed by atoms with van der Waals surface area (Å²) < 4.78 is 33.1. The van der Waals surface area contributed by atoms with Crippen molar-refractivity contribution in [2.75, 3.05) is 0 Å². The molecule has 7 heteroatoms. The quantitative estimate of drug-likeness (QED) is 0.670. The van der Waals surface area contributed by atoms with Crippen LogP contribution in [0.1, 0.15) is 65.7 Å². The molecule has 6 nitrogen and oxygen atoms in total. The van der Waals surface area contributed by atoms with Gasteiger partial charge in [0.1, 0.15) is 5.75 Å². The van der Waals surface area contributed by atoms with E-state index in [-0.39, 0.29) is 22.9 Å². The molecular formula is C20H32N2O4S. The minimum atomic E-state index is -3.55. The Labute approximate surface area is 163 Å². The number of hydrogen-bond acceptors (Lipinski definition) is 4. The second-order valence-corrected chi connectivity index (χ2v) is 9.10. The van der Waals surface area contributed by atoms with E-state index in [2.05, 4.69) is 10.0 Å². The zero-order valence-electron chi connectivity index (χ0n) is 16.5. The Morgan fingerprint density at radius 1 is 1.15 bits per heavy atom. The van der Waals surface area contributed by atoms with Crippen molar-refractivity contribution in [3.8, 4) is 5.75 Å². The Morgan fingerprint density at radius 2 is 1.78 bits per heavy atom. The van der Waals surface area contributed by atoms with Crippen LogP contribution in [0.4, 0.5) is 0 Å². The molecule has 0 bridgehead atoms. The van der Waals surface area contributed by atoms with Crippen molar-refractivity contribution in [2.45, 2.75) is 88.8 Å². The van der Waals surface area contributed by atoms with Crippen LogP contribution in [-0.2, 0) is 14.8 Å². The van der Waals surface area contributed by atoms with Crippen LogP contribution in [0.25, 0.3) is 0 Å². The van der Waals surface area contributed by atoms with Crippen molar-refractivity contribution in [3.63, 3.8) is 0 Å². The number of sulfonamides is 1. The van der Waals surface area contributed by atoms with Crippen LogP contribution in [0.3, 0.4) is 0 Å². The molecule has 0 heterocycles. The van der Waals surface area contributed by atoms with E-state index in [0.29, 0.717) is 5.75 Å². The second-order valence-electron chi connectivity index (χ2n) is 7.39. The van der Waals surface area contributed by atoms with Gasteiger partial charge in [0, 0.05) is 12.1 Å². The SMILES string of the molecule is CCC[C@@H](C)NS(=O)(=O)c1ccc(O[C@@H](C)C(=O)NC2CCCCC2)cc1. The van der Waals surface area contributed by atoms with Gasteiger partial charge in [0.15, 0.2) is 6.10 Å². The van der Waals surface area contributed by atoms with Gasteiger partial charge in [-0.05, 0) is 57.4 Å². The summed E-state index contributed by atoms with van der Waals surface area (Å²) in [6, 6.07) is 6.30. The van der Waals surface area contributed by atoms with E-state index < -0.39 is 16.1 Å². The lowest BCUT2D eigenvalue weighted by Crippen LogP contribution is -2.43. The fraction of sp³-hybridized carbons (Fsp3) is 0.650. The Bertz CT molecular complexity index is 697. The summed E-state index contributed by atoms with van der Waals surface area (Å²) in [5, 5.41) is 3.04. The number of hydrogen-bond donors (Lipinski definition) is 2. The zero-order chi connectivity index (χ0) is 19.9. The molecule has 2 rings (SSSR count). The molecule has 1 aromatic carbocycles. The lowest BCUT2D eigenvalue weighted by Gasteiger charge is -2.24. The fourth-order valence-corrected chi connectivity index (χ4v) is 4.62. The van der Waals surface area contributed by atoms with Crippen molar-refractivity contribution in [2.24, 2.45) is 0 Å². The standard InChI is InChI=1S/C20H32N2O4S/c1-4-8-15(2)22-27(24,25)19-13-11-18(12-14-19)26-16(3)20(23)21-17-9-6-5-7-10-17/h11-17,22H,4-10H2,1-3H3,(H,21,23)/t15-,16+/m1/s1. The first-order valence-corrected chi connectivity index (χ1v) is 11.4. The van der Waals surface area contributed by atoms with E-state index >= 15 is 0 Å². The second kappa shape index (κ2) is 10.1. The highest BCUT2D eigenvalue weighted by atomic mass is 32.2. The molecule has 27 heavy (non-hydrogen) atoms. The maximum Gasteiger partial charge on any atom is 0.260 e. The highest BCUT2D eigenvalue weighted by Gasteiger charge is 2.21. The Hall–Kier alpha value is -1.60. The topological polar surface area (TPSA) is 84.5 Å². The van der Waals surface area contributed by atoms with Gasteiger partial charge in [-0.2, -0.15) is 0 Å². The first-order valence-electron chi connectivity index (χ1n) is 9.91. The third kappa shape index (κ3) is 6.81. The molecule has 0 aromatic heterocycles. The van der Waals surface area contributed by atoms with E-state index in [1.54, 1.807) is 19.1 Å². The molecule has 0 aliphatic heterocycles. The van der Waals surface area contributed by atoms with Gasteiger partial charge in [0.05, 0.1) is 4.90 Å². The highest BCUT2D eigenvalue weighted by Crippen LogP contribution is 2.19. The van der Waals surface area contributed by atoms with Crippen molar-refractivity contribution >= 4 is 15.9 Å². The third-order valence-corrected chi connectivity index (χ3v) is 6.45. The lowest BCUT2D eigenvalue weighted by molar-refractivity contribution is -0.128. The third-order valence-electron chi connectivity index (χ3n) is 4.85. The van der Waals surface area contributed by atoms with Crippen molar-refractivity contribution in [1.29, 1.82) is 0 Å². The van der Waals surface area contributed by atoms with E-state index in [0.717, 1.165) is 38.5 Å². The predicted molar refractivity (Wildman–Crippen MR) is 106 cm³/mol. The van der Waals surface area contributed by atoms with Gasteiger partial charge in [-0.15, -0.1) is 0 Å². The maximum absolute atomic E-state index is 12.4. The summed E-state index contributed by atoms with van der Waals surface area (Å²) in [4.78, 5) is 12.5. The number of nitrogens with one attached hydrogen (secondary N) is 2. The summed E-state index contributed by atoms with van der Waals surface area (Å²) in [5.41, 5.74) is 0. The molecule has 0 radical (unpaired) electrons. The van der Waals surface area contributed by atoms with E-state index in [1.165, 1.54) is 18.6 Å². The molecule has 2 atom stereocenters. The van der Waals surface area contributed by atoms with E-state index in [9.17, 15) is 13.2 Å². The number of rotatable bonds is 9. The van der Waals surface area contributed by atoms with E-state index in [1.807, 2.05) is 13.8 Å². The van der Waals surface area contributed by atoms with Gasteiger partial charge in [0.2, 0.25) is 10.0 Å². The maximum atomic E-state index is 12.4. The van der Waals surface area contributed by atoms with Crippen molar-refractivity contribution in [3.05, 3.63) is 24.3 Å². The van der Waals surface area contributed by atoms with Crippen LogP contribution < -0.4 is 14.8 Å². The summed E-state index contributed by atoms with van der Waals surface area (Å²) in [7, 11) is -3.55. The average Bonchev–Trinajstić information content (AvgIpc) is 2.62. The molecule has 1 aliphatic carbocycles. The smallest absolute Gasteiger partial charge is 0.260 e. The van der Waals surface area contributed by atoms with E-state index in [4.69, 9.17) is 4.74 Å². The van der Waals surface area contributed by atoms with Gasteiger partial charge in [-0.3, -0.25) is 4.79 Å². The summed E-state index contributed by atoms with van der Waals surface area (Å²) >= 11 is 0. The first kappa shape index (κ1) is 21.7.